The molecule has 1 heterocycles. The Kier molecular flexibility index (Phi) is 8.84. The SMILES string of the molecule is CCCCCOc1ccc(NC(=S)NC(=O)c2ccc(CN(C)C)nc2)cc1. The van der Waals surface area contributed by atoms with Crippen LogP contribution in [0.3, 0.4) is 0 Å². The molecule has 0 bridgehead atoms. The number of hydrogen-bond acceptors (Lipinski definition) is 5. The molecule has 1 amide bonds. The van der Waals surface area contributed by atoms with Crippen LogP contribution in [0.15, 0.2) is 42.6 Å². The Morgan fingerprint density at radius 1 is 1.14 bits per heavy atom. The minimum Gasteiger partial charge on any atom is -0.494 e. The summed E-state index contributed by atoms with van der Waals surface area (Å²) in [5.74, 6) is 0.526. The van der Waals surface area contributed by atoms with Gasteiger partial charge in [0.2, 0.25) is 0 Å². The smallest absolute Gasteiger partial charge is 0.258 e. The molecule has 1 aromatic heterocycles. The summed E-state index contributed by atoms with van der Waals surface area (Å²) >= 11 is 5.23. The van der Waals surface area contributed by atoms with Gasteiger partial charge in [-0.3, -0.25) is 15.1 Å². The number of rotatable bonds is 9. The van der Waals surface area contributed by atoms with E-state index < -0.39 is 0 Å². The zero-order valence-corrected chi connectivity index (χ0v) is 17.5. The van der Waals surface area contributed by atoms with E-state index in [1.165, 1.54) is 12.8 Å². The van der Waals surface area contributed by atoms with Crippen molar-refractivity contribution >= 4 is 28.9 Å². The minimum atomic E-state index is -0.294. The van der Waals surface area contributed by atoms with E-state index in [1.54, 1.807) is 12.3 Å². The number of anilines is 1. The third kappa shape index (κ3) is 7.62. The number of unbranched alkanes of at least 4 members (excludes halogenated alkanes) is 2. The molecule has 0 spiro atoms. The highest BCUT2D eigenvalue weighted by Gasteiger charge is 2.09. The zero-order valence-electron chi connectivity index (χ0n) is 16.7. The highest BCUT2D eigenvalue weighted by molar-refractivity contribution is 7.80. The van der Waals surface area contributed by atoms with Gasteiger partial charge in [-0.05, 0) is 69.1 Å². The Morgan fingerprint density at radius 2 is 1.89 bits per heavy atom. The summed E-state index contributed by atoms with van der Waals surface area (Å²) in [6.45, 7) is 3.61. The lowest BCUT2D eigenvalue weighted by Gasteiger charge is -2.11. The van der Waals surface area contributed by atoms with E-state index in [4.69, 9.17) is 17.0 Å². The van der Waals surface area contributed by atoms with Gasteiger partial charge >= 0.3 is 0 Å². The monoisotopic (exact) mass is 400 g/mol. The standard InChI is InChI=1S/C21H28N4O2S/c1-4-5-6-13-27-19-11-9-17(10-12-19)23-21(28)24-20(26)16-7-8-18(22-14-16)15-25(2)3/h7-12,14H,4-6,13,15H2,1-3H3,(H2,23,24,26,28). The van der Waals surface area contributed by atoms with Crippen molar-refractivity contribution < 1.29 is 9.53 Å². The van der Waals surface area contributed by atoms with Gasteiger partial charge in [0.1, 0.15) is 5.75 Å². The highest BCUT2D eigenvalue weighted by atomic mass is 32.1. The summed E-state index contributed by atoms with van der Waals surface area (Å²) in [5.41, 5.74) is 2.15. The molecule has 0 aliphatic carbocycles. The molecule has 0 atom stereocenters. The molecule has 0 saturated heterocycles. The Morgan fingerprint density at radius 3 is 2.50 bits per heavy atom. The van der Waals surface area contributed by atoms with Crippen LogP contribution in [-0.4, -0.2) is 41.6 Å². The maximum absolute atomic E-state index is 12.3. The van der Waals surface area contributed by atoms with Crippen molar-refractivity contribution in [1.82, 2.24) is 15.2 Å². The Labute approximate surface area is 172 Å². The maximum Gasteiger partial charge on any atom is 0.258 e. The molecule has 0 aliphatic rings. The molecular weight excluding hydrogens is 372 g/mol. The number of carbonyl (C=O) groups is 1. The van der Waals surface area contributed by atoms with Crippen LogP contribution >= 0.6 is 12.2 Å². The molecule has 0 fully saturated rings. The normalized spacial score (nSPS) is 10.6. The van der Waals surface area contributed by atoms with E-state index >= 15 is 0 Å². The molecule has 0 unspecified atom stereocenters. The van der Waals surface area contributed by atoms with Crippen molar-refractivity contribution in [3.8, 4) is 5.75 Å². The predicted molar refractivity (Wildman–Crippen MR) is 117 cm³/mol. The number of thiocarbonyl (C=S) groups is 1. The molecule has 2 N–H and O–H groups in total. The fourth-order valence-electron chi connectivity index (χ4n) is 2.49. The largest absolute Gasteiger partial charge is 0.494 e. The van der Waals surface area contributed by atoms with Crippen LogP contribution in [-0.2, 0) is 6.54 Å². The number of amides is 1. The second-order valence-corrected chi connectivity index (χ2v) is 7.17. The second-order valence-electron chi connectivity index (χ2n) is 6.76. The van der Waals surface area contributed by atoms with E-state index in [1.807, 2.05) is 49.3 Å². The first-order valence-electron chi connectivity index (χ1n) is 9.42. The number of nitrogens with zero attached hydrogens (tertiary/aromatic N) is 2. The summed E-state index contributed by atoms with van der Waals surface area (Å²) in [7, 11) is 3.94. The first-order valence-corrected chi connectivity index (χ1v) is 9.83. The van der Waals surface area contributed by atoms with Gasteiger partial charge in [0.15, 0.2) is 5.11 Å². The van der Waals surface area contributed by atoms with Gasteiger partial charge in [0.05, 0.1) is 17.9 Å². The van der Waals surface area contributed by atoms with Crippen LogP contribution in [0.1, 0.15) is 42.2 Å². The Balaban J connectivity index is 1.81. The molecule has 150 valence electrons. The van der Waals surface area contributed by atoms with Gasteiger partial charge in [0, 0.05) is 18.4 Å². The van der Waals surface area contributed by atoms with Crippen LogP contribution in [0.2, 0.25) is 0 Å². The third-order valence-corrected chi connectivity index (χ3v) is 4.13. The summed E-state index contributed by atoms with van der Waals surface area (Å²) in [6.07, 6.45) is 4.95. The number of ether oxygens (including phenoxy) is 1. The fourth-order valence-corrected chi connectivity index (χ4v) is 2.70. The van der Waals surface area contributed by atoms with Crippen LogP contribution in [0.25, 0.3) is 0 Å². The number of aromatic nitrogens is 1. The Bertz CT molecular complexity index is 761. The summed E-state index contributed by atoms with van der Waals surface area (Å²) < 4.78 is 5.68. The molecule has 0 aliphatic heterocycles. The van der Waals surface area contributed by atoms with Crippen molar-refractivity contribution in [2.45, 2.75) is 32.7 Å². The molecule has 0 saturated carbocycles. The fraction of sp³-hybridized carbons (Fsp3) is 0.381. The van der Waals surface area contributed by atoms with Crippen molar-refractivity contribution in [3.63, 3.8) is 0 Å². The molecule has 0 radical (unpaired) electrons. The van der Waals surface area contributed by atoms with Crippen LogP contribution in [0, 0.1) is 0 Å². The first-order chi connectivity index (χ1) is 13.5. The van der Waals surface area contributed by atoms with E-state index in [-0.39, 0.29) is 11.0 Å². The van der Waals surface area contributed by atoms with Crippen LogP contribution in [0.4, 0.5) is 5.69 Å². The summed E-state index contributed by atoms with van der Waals surface area (Å²) in [6, 6.07) is 11.1. The van der Waals surface area contributed by atoms with Crippen molar-refractivity contribution in [2.75, 3.05) is 26.0 Å². The maximum atomic E-state index is 12.3. The van der Waals surface area contributed by atoms with Crippen molar-refractivity contribution in [2.24, 2.45) is 0 Å². The van der Waals surface area contributed by atoms with E-state index in [0.717, 1.165) is 36.7 Å². The van der Waals surface area contributed by atoms with E-state index in [0.29, 0.717) is 5.56 Å². The van der Waals surface area contributed by atoms with E-state index in [9.17, 15) is 4.79 Å². The topological polar surface area (TPSA) is 66.5 Å². The highest BCUT2D eigenvalue weighted by Crippen LogP contribution is 2.16. The molecule has 2 rings (SSSR count). The summed E-state index contributed by atoms with van der Waals surface area (Å²) in [4.78, 5) is 18.6. The average Bonchev–Trinajstić information content (AvgIpc) is 2.66. The predicted octanol–water partition coefficient (Wildman–Crippen LogP) is 3.84. The average molecular weight is 401 g/mol. The lowest BCUT2D eigenvalue weighted by Crippen LogP contribution is -2.34. The number of nitrogens with one attached hydrogen (secondary N) is 2. The zero-order chi connectivity index (χ0) is 20.4. The molecule has 28 heavy (non-hydrogen) atoms. The second kappa shape index (κ2) is 11.4. The van der Waals surface area contributed by atoms with E-state index in [2.05, 4.69) is 22.5 Å². The molecule has 1 aromatic carbocycles. The van der Waals surface area contributed by atoms with Gasteiger partial charge in [-0.15, -0.1) is 0 Å². The summed E-state index contributed by atoms with van der Waals surface area (Å²) in [5, 5.41) is 5.90. The number of pyridine rings is 1. The van der Waals surface area contributed by atoms with Crippen LogP contribution in [0.5, 0.6) is 5.75 Å². The number of benzene rings is 1. The number of carbonyl (C=O) groups excluding carboxylic acids is 1. The van der Waals surface area contributed by atoms with Crippen molar-refractivity contribution in [3.05, 3.63) is 53.9 Å². The van der Waals surface area contributed by atoms with Gasteiger partial charge in [-0.25, -0.2) is 0 Å². The lowest BCUT2D eigenvalue weighted by atomic mass is 10.2. The Hall–Kier alpha value is -2.51. The lowest BCUT2D eigenvalue weighted by molar-refractivity contribution is 0.0977. The number of hydrogen-bond donors (Lipinski definition) is 2. The van der Waals surface area contributed by atoms with Crippen LogP contribution < -0.4 is 15.4 Å². The quantitative estimate of drug-likeness (QED) is 0.492. The van der Waals surface area contributed by atoms with Crippen molar-refractivity contribution in [1.29, 1.82) is 0 Å². The first kappa shape index (κ1) is 21.8. The van der Waals surface area contributed by atoms with Gasteiger partial charge in [-0.2, -0.15) is 0 Å². The molecule has 7 heteroatoms. The van der Waals surface area contributed by atoms with Gasteiger partial charge in [-0.1, -0.05) is 19.8 Å². The third-order valence-electron chi connectivity index (χ3n) is 3.92. The molecule has 2 aromatic rings. The van der Waals surface area contributed by atoms with Gasteiger partial charge in [0.25, 0.3) is 5.91 Å². The molecule has 6 nitrogen and oxygen atoms in total. The van der Waals surface area contributed by atoms with Gasteiger partial charge < -0.3 is 15.0 Å². The minimum absolute atomic E-state index is 0.235. The molecular formula is C21H28N4O2S.